The molecule has 0 aromatic heterocycles. The molecule has 0 amide bonds. The Morgan fingerprint density at radius 2 is 2.08 bits per heavy atom. The molecule has 12 heavy (non-hydrogen) atoms. The Kier molecular flexibility index (Phi) is 3.05. The lowest BCUT2D eigenvalue weighted by Crippen LogP contribution is -1.98. The molecule has 0 fully saturated rings. The topological polar surface area (TPSA) is 0 Å². The van der Waals surface area contributed by atoms with Crippen molar-refractivity contribution in [2.24, 2.45) is 0 Å². The minimum Gasteiger partial charge on any atom is -0.105 e. The van der Waals surface area contributed by atoms with Crippen LogP contribution in [0.4, 0.5) is 0 Å². The van der Waals surface area contributed by atoms with Gasteiger partial charge in [-0.05, 0) is 22.3 Å². The third kappa shape index (κ3) is 1.95. The van der Waals surface area contributed by atoms with Gasteiger partial charge in [-0.2, -0.15) is 0 Å². The minimum atomic E-state index is 0.592. The van der Waals surface area contributed by atoms with Crippen molar-refractivity contribution in [3.05, 3.63) is 35.9 Å². The van der Waals surface area contributed by atoms with Crippen LogP contribution < -0.4 is 5.30 Å². The molecule has 0 aliphatic rings. The molecule has 1 rings (SSSR count). The molecular formula is C11H15P. The third-order valence-electron chi connectivity index (χ3n) is 2.00. The second-order valence-corrected chi connectivity index (χ2v) is 3.87. The summed E-state index contributed by atoms with van der Waals surface area (Å²) in [6, 6.07) is 6.48. The summed E-state index contributed by atoms with van der Waals surface area (Å²) >= 11 is 0. The second kappa shape index (κ2) is 3.87. The van der Waals surface area contributed by atoms with Crippen molar-refractivity contribution in [2.45, 2.75) is 19.8 Å². The highest BCUT2D eigenvalue weighted by Crippen LogP contribution is 2.16. The molecule has 1 atom stereocenters. The van der Waals surface area contributed by atoms with Gasteiger partial charge in [0, 0.05) is 0 Å². The van der Waals surface area contributed by atoms with Crippen LogP contribution in [0.15, 0.2) is 24.8 Å². The van der Waals surface area contributed by atoms with Gasteiger partial charge in [-0.15, -0.1) is 9.24 Å². The zero-order chi connectivity index (χ0) is 9.14. The largest absolute Gasteiger partial charge is 0.105 e. The molecule has 0 nitrogen and oxygen atoms in total. The van der Waals surface area contributed by atoms with Crippen molar-refractivity contribution in [2.75, 3.05) is 0 Å². The molecule has 0 N–H and O–H groups in total. The molecule has 0 saturated heterocycles. The van der Waals surface area contributed by atoms with Crippen LogP contribution in [0, 0.1) is 0 Å². The summed E-state index contributed by atoms with van der Waals surface area (Å²) in [7, 11) is 2.71. The summed E-state index contributed by atoms with van der Waals surface area (Å²) in [5, 5.41) is 1.22. The van der Waals surface area contributed by atoms with E-state index in [-0.39, 0.29) is 0 Å². The van der Waals surface area contributed by atoms with Crippen molar-refractivity contribution in [3.8, 4) is 0 Å². The van der Waals surface area contributed by atoms with Gasteiger partial charge in [0.15, 0.2) is 0 Å². The van der Waals surface area contributed by atoms with E-state index in [1.807, 2.05) is 6.08 Å². The van der Waals surface area contributed by atoms with Gasteiger partial charge in [0.2, 0.25) is 0 Å². The first-order valence-corrected chi connectivity index (χ1v) is 4.74. The minimum absolute atomic E-state index is 0.592. The van der Waals surface area contributed by atoms with E-state index < -0.39 is 0 Å². The fraction of sp³-hybridized carbons (Fsp3) is 0.273. The quantitative estimate of drug-likeness (QED) is 0.611. The van der Waals surface area contributed by atoms with Crippen molar-refractivity contribution < 1.29 is 0 Å². The second-order valence-electron chi connectivity index (χ2n) is 3.25. The van der Waals surface area contributed by atoms with Crippen LogP contribution >= 0.6 is 9.24 Å². The van der Waals surface area contributed by atoms with E-state index in [1.165, 1.54) is 16.4 Å². The first kappa shape index (κ1) is 9.48. The molecule has 0 aliphatic heterocycles. The zero-order valence-electron chi connectivity index (χ0n) is 7.67. The molecule has 1 unspecified atom stereocenters. The van der Waals surface area contributed by atoms with Crippen LogP contribution in [0.3, 0.4) is 0 Å². The van der Waals surface area contributed by atoms with E-state index in [0.717, 1.165) is 0 Å². The lowest BCUT2D eigenvalue weighted by molar-refractivity contribution is 0.867. The summed E-state index contributed by atoms with van der Waals surface area (Å²) in [5.41, 5.74) is 2.59. The summed E-state index contributed by atoms with van der Waals surface area (Å²) < 4.78 is 0. The maximum absolute atomic E-state index is 3.78. The summed E-state index contributed by atoms with van der Waals surface area (Å²) in [4.78, 5) is 0. The fourth-order valence-electron chi connectivity index (χ4n) is 1.13. The van der Waals surface area contributed by atoms with Crippen molar-refractivity contribution in [1.82, 2.24) is 0 Å². The lowest BCUT2D eigenvalue weighted by atomic mass is 10.0. The predicted molar refractivity (Wildman–Crippen MR) is 60.0 cm³/mol. The first-order chi connectivity index (χ1) is 5.65. The van der Waals surface area contributed by atoms with Gasteiger partial charge in [-0.3, -0.25) is 0 Å². The third-order valence-corrected chi connectivity index (χ3v) is 2.52. The fourth-order valence-corrected chi connectivity index (χ4v) is 1.43. The molecule has 1 aromatic rings. The Labute approximate surface area is 76.9 Å². The van der Waals surface area contributed by atoms with E-state index in [9.17, 15) is 0 Å². The average Bonchev–Trinajstić information content (AvgIpc) is 2.05. The normalized spacial score (nSPS) is 10.3. The van der Waals surface area contributed by atoms with Crippen molar-refractivity contribution in [3.63, 3.8) is 0 Å². The Morgan fingerprint density at radius 3 is 2.58 bits per heavy atom. The van der Waals surface area contributed by atoms with E-state index >= 15 is 0 Å². The molecule has 0 radical (unpaired) electrons. The smallest absolute Gasteiger partial charge is 0.0188 e. The Bertz CT molecular complexity index is 287. The first-order valence-electron chi connectivity index (χ1n) is 4.17. The molecule has 0 heterocycles. The SMILES string of the molecule is C=Cc1cc(C(C)C)ccc1P. The van der Waals surface area contributed by atoms with E-state index in [1.54, 1.807) is 0 Å². The van der Waals surface area contributed by atoms with Gasteiger partial charge in [0.1, 0.15) is 0 Å². The Morgan fingerprint density at radius 1 is 1.42 bits per heavy atom. The molecule has 1 aromatic carbocycles. The molecule has 64 valence electrons. The Hall–Kier alpha value is -0.610. The molecule has 0 bridgehead atoms. The van der Waals surface area contributed by atoms with Crippen molar-refractivity contribution in [1.29, 1.82) is 0 Å². The number of benzene rings is 1. The van der Waals surface area contributed by atoms with E-state index in [0.29, 0.717) is 5.92 Å². The molecule has 0 aliphatic carbocycles. The lowest BCUT2D eigenvalue weighted by Gasteiger charge is -2.07. The van der Waals surface area contributed by atoms with Crippen LogP contribution in [0.2, 0.25) is 0 Å². The van der Waals surface area contributed by atoms with Gasteiger partial charge in [-0.25, -0.2) is 0 Å². The maximum Gasteiger partial charge on any atom is -0.0188 e. The van der Waals surface area contributed by atoms with Gasteiger partial charge < -0.3 is 0 Å². The summed E-state index contributed by atoms with van der Waals surface area (Å²) in [6.07, 6.45) is 1.90. The van der Waals surface area contributed by atoms with E-state index in [4.69, 9.17) is 0 Å². The predicted octanol–water partition coefficient (Wildman–Crippen LogP) is 2.95. The number of rotatable bonds is 2. The highest BCUT2D eigenvalue weighted by atomic mass is 31.0. The van der Waals surface area contributed by atoms with Gasteiger partial charge in [0.25, 0.3) is 0 Å². The van der Waals surface area contributed by atoms with Crippen molar-refractivity contribution >= 4 is 20.6 Å². The molecular weight excluding hydrogens is 163 g/mol. The monoisotopic (exact) mass is 178 g/mol. The summed E-state index contributed by atoms with van der Waals surface area (Å²) in [5.74, 6) is 0.592. The van der Waals surface area contributed by atoms with Gasteiger partial charge >= 0.3 is 0 Å². The van der Waals surface area contributed by atoms with E-state index in [2.05, 4.69) is 47.9 Å². The molecule has 1 heteroatoms. The highest BCUT2D eigenvalue weighted by Gasteiger charge is 2.00. The van der Waals surface area contributed by atoms with Gasteiger partial charge in [0.05, 0.1) is 0 Å². The Balaban J connectivity index is 3.13. The van der Waals surface area contributed by atoms with Crippen LogP contribution in [0.5, 0.6) is 0 Å². The average molecular weight is 178 g/mol. The maximum atomic E-state index is 3.78. The van der Waals surface area contributed by atoms with Crippen LogP contribution in [0.1, 0.15) is 30.9 Å². The standard InChI is InChI=1S/C11H15P/c1-4-9-7-10(8(2)3)5-6-11(9)12/h4-8H,1,12H2,2-3H3. The highest BCUT2D eigenvalue weighted by molar-refractivity contribution is 7.27. The zero-order valence-corrected chi connectivity index (χ0v) is 8.83. The number of hydrogen-bond acceptors (Lipinski definition) is 0. The van der Waals surface area contributed by atoms with Gasteiger partial charge in [-0.1, -0.05) is 44.7 Å². The summed E-state index contributed by atoms with van der Waals surface area (Å²) in [6.45, 7) is 8.18. The number of hydrogen-bond donors (Lipinski definition) is 0. The molecule has 0 spiro atoms. The van der Waals surface area contributed by atoms with Crippen LogP contribution in [-0.4, -0.2) is 0 Å². The van der Waals surface area contributed by atoms with Crippen LogP contribution in [-0.2, 0) is 0 Å². The molecule has 0 saturated carbocycles. The van der Waals surface area contributed by atoms with Crippen LogP contribution in [0.25, 0.3) is 6.08 Å².